The van der Waals surface area contributed by atoms with Gasteiger partial charge in [0.15, 0.2) is 5.82 Å². The van der Waals surface area contributed by atoms with E-state index < -0.39 is 0 Å². The summed E-state index contributed by atoms with van der Waals surface area (Å²) in [6, 6.07) is 8.75. The number of nitrogens with zero attached hydrogens (tertiary/aromatic N) is 4. The molecular formula is C16H22N4O3. The molecule has 7 nitrogen and oxygen atoms in total. The Balaban J connectivity index is 1.56. The van der Waals surface area contributed by atoms with Crippen molar-refractivity contribution in [1.82, 2.24) is 10.1 Å². The molecule has 2 heterocycles. The van der Waals surface area contributed by atoms with Crippen LogP contribution in [0.25, 0.3) is 0 Å². The Morgan fingerprint density at radius 3 is 2.39 bits per heavy atom. The fraction of sp³-hybridized carbons (Fsp3) is 0.500. The Kier molecular flexibility index (Phi) is 4.97. The smallest absolute Gasteiger partial charge is 0.324 e. The van der Waals surface area contributed by atoms with E-state index in [1.165, 1.54) is 5.69 Å². The van der Waals surface area contributed by atoms with Gasteiger partial charge in [-0.1, -0.05) is 5.16 Å². The largest absolute Gasteiger partial charge is 0.497 e. The summed E-state index contributed by atoms with van der Waals surface area (Å²) in [6.45, 7) is 4.16. The molecular weight excluding hydrogens is 296 g/mol. The van der Waals surface area contributed by atoms with Crippen LogP contribution < -0.4 is 14.5 Å². The number of hydrogen-bond acceptors (Lipinski definition) is 7. The minimum atomic E-state index is 0.601. The average molecular weight is 318 g/mol. The summed E-state index contributed by atoms with van der Waals surface area (Å²) in [5.74, 6) is 1.57. The number of benzene rings is 1. The molecule has 1 aliphatic rings. The van der Waals surface area contributed by atoms with Crippen LogP contribution in [0.5, 0.6) is 5.75 Å². The Morgan fingerprint density at radius 2 is 1.74 bits per heavy atom. The van der Waals surface area contributed by atoms with Gasteiger partial charge in [-0.2, -0.15) is 4.98 Å². The van der Waals surface area contributed by atoms with Crippen LogP contribution in [0.3, 0.4) is 0 Å². The lowest BCUT2D eigenvalue weighted by Gasteiger charge is -2.35. The SMILES string of the molecule is COCCc1noc(N2CCN(c3ccc(OC)cc3)CC2)n1. The van der Waals surface area contributed by atoms with E-state index in [1.807, 2.05) is 12.1 Å². The van der Waals surface area contributed by atoms with Crippen LogP contribution in [-0.2, 0) is 11.2 Å². The lowest BCUT2D eigenvalue weighted by molar-refractivity contribution is 0.199. The second kappa shape index (κ2) is 7.32. The monoisotopic (exact) mass is 318 g/mol. The van der Waals surface area contributed by atoms with Gasteiger partial charge in [0.25, 0.3) is 0 Å². The minimum Gasteiger partial charge on any atom is -0.497 e. The van der Waals surface area contributed by atoms with Crippen molar-refractivity contribution in [2.45, 2.75) is 6.42 Å². The molecule has 124 valence electrons. The molecule has 0 radical (unpaired) electrons. The third-order valence-electron chi connectivity index (χ3n) is 3.97. The van der Waals surface area contributed by atoms with Crippen LogP contribution in [0, 0.1) is 0 Å². The van der Waals surface area contributed by atoms with Gasteiger partial charge in [0.1, 0.15) is 5.75 Å². The molecule has 1 aliphatic heterocycles. The highest BCUT2D eigenvalue weighted by Gasteiger charge is 2.21. The number of aromatic nitrogens is 2. The molecule has 0 atom stereocenters. The predicted octanol–water partition coefficient (Wildman–Crippen LogP) is 1.59. The molecule has 0 amide bonds. The molecule has 2 aromatic rings. The van der Waals surface area contributed by atoms with Crippen molar-refractivity contribution in [2.75, 3.05) is 56.8 Å². The second-order valence-electron chi connectivity index (χ2n) is 5.41. The summed E-state index contributed by atoms with van der Waals surface area (Å²) in [6.07, 6.45) is 0.672. The zero-order chi connectivity index (χ0) is 16.1. The van der Waals surface area contributed by atoms with Crippen molar-refractivity contribution >= 4 is 11.7 Å². The van der Waals surface area contributed by atoms with Crippen LogP contribution in [0.4, 0.5) is 11.7 Å². The fourth-order valence-electron chi connectivity index (χ4n) is 2.62. The van der Waals surface area contributed by atoms with Gasteiger partial charge in [-0.3, -0.25) is 0 Å². The highest BCUT2D eigenvalue weighted by atomic mass is 16.5. The van der Waals surface area contributed by atoms with Crippen LogP contribution in [0.1, 0.15) is 5.82 Å². The number of piperazine rings is 1. The van der Waals surface area contributed by atoms with E-state index in [2.05, 4.69) is 32.1 Å². The standard InChI is InChI=1S/C16H22N4O3/c1-21-12-7-15-17-16(23-18-15)20-10-8-19(9-11-20)13-3-5-14(22-2)6-4-13/h3-6H,7-12H2,1-2H3. The van der Waals surface area contributed by atoms with Crippen molar-refractivity contribution < 1.29 is 14.0 Å². The van der Waals surface area contributed by atoms with Gasteiger partial charge >= 0.3 is 6.01 Å². The normalized spacial score (nSPS) is 15.0. The second-order valence-corrected chi connectivity index (χ2v) is 5.41. The van der Waals surface area contributed by atoms with Crippen molar-refractivity contribution in [3.8, 4) is 5.75 Å². The van der Waals surface area contributed by atoms with Gasteiger partial charge in [-0.15, -0.1) is 0 Å². The minimum absolute atomic E-state index is 0.601. The maximum atomic E-state index is 5.35. The predicted molar refractivity (Wildman–Crippen MR) is 87.3 cm³/mol. The molecule has 0 saturated carbocycles. The van der Waals surface area contributed by atoms with Gasteiger partial charge in [0.05, 0.1) is 13.7 Å². The summed E-state index contributed by atoms with van der Waals surface area (Å²) in [5.41, 5.74) is 1.21. The van der Waals surface area contributed by atoms with Crippen molar-refractivity contribution in [3.05, 3.63) is 30.1 Å². The van der Waals surface area contributed by atoms with Crippen molar-refractivity contribution in [1.29, 1.82) is 0 Å². The van der Waals surface area contributed by atoms with Gasteiger partial charge in [0, 0.05) is 45.4 Å². The van der Waals surface area contributed by atoms with E-state index in [0.29, 0.717) is 24.9 Å². The first-order valence-corrected chi connectivity index (χ1v) is 7.75. The first-order valence-electron chi connectivity index (χ1n) is 7.75. The topological polar surface area (TPSA) is 63.9 Å². The van der Waals surface area contributed by atoms with E-state index in [0.717, 1.165) is 31.9 Å². The number of ether oxygens (including phenoxy) is 2. The number of anilines is 2. The molecule has 1 saturated heterocycles. The highest BCUT2D eigenvalue weighted by molar-refractivity contribution is 5.50. The first kappa shape index (κ1) is 15.6. The van der Waals surface area contributed by atoms with E-state index in [1.54, 1.807) is 14.2 Å². The molecule has 0 bridgehead atoms. The Labute approximate surface area is 135 Å². The Morgan fingerprint density at radius 1 is 1.04 bits per heavy atom. The van der Waals surface area contributed by atoms with Crippen molar-refractivity contribution in [2.24, 2.45) is 0 Å². The zero-order valence-corrected chi connectivity index (χ0v) is 13.6. The lowest BCUT2D eigenvalue weighted by Crippen LogP contribution is -2.46. The van der Waals surface area contributed by atoms with Crippen LogP contribution in [-0.4, -0.2) is 57.1 Å². The van der Waals surface area contributed by atoms with E-state index in [9.17, 15) is 0 Å². The molecule has 0 aliphatic carbocycles. The molecule has 0 unspecified atom stereocenters. The number of hydrogen-bond donors (Lipinski definition) is 0. The van der Waals surface area contributed by atoms with Gasteiger partial charge in [-0.05, 0) is 24.3 Å². The average Bonchev–Trinajstić information content (AvgIpc) is 3.09. The molecule has 1 aromatic heterocycles. The summed E-state index contributed by atoms with van der Waals surface area (Å²) >= 11 is 0. The van der Waals surface area contributed by atoms with Gasteiger partial charge in [0.2, 0.25) is 0 Å². The molecule has 1 aromatic carbocycles. The Bertz CT molecular complexity index is 606. The van der Waals surface area contributed by atoms with Crippen LogP contribution >= 0.6 is 0 Å². The maximum Gasteiger partial charge on any atom is 0.324 e. The molecule has 3 rings (SSSR count). The highest BCUT2D eigenvalue weighted by Crippen LogP contribution is 2.22. The summed E-state index contributed by atoms with van der Waals surface area (Å²) in [5, 5.41) is 3.99. The summed E-state index contributed by atoms with van der Waals surface area (Å²) < 4.78 is 15.6. The summed E-state index contributed by atoms with van der Waals surface area (Å²) in [7, 11) is 3.35. The zero-order valence-electron chi connectivity index (χ0n) is 13.6. The Hall–Kier alpha value is -2.28. The third kappa shape index (κ3) is 3.73. The molecule has 1 fully saturated rings. The van der Waals surface area contributed by atoms with E-state index >= 15 is 0 Å². The van der Waals surface area contributed by atoms with Crippen LogP contribution in [0.15, 0.2) is 28.8 Å². The number of rotatable bonds is 6. The lowest BCUT2D eigenvalue weighted by atomic mass is 10.2. The quantitative estimate of drug-likeness (QED) is 0.801. The van der Waals surface area contributed by atoms with Gasteiger partial charge < -0.3 is 23.8 Å². The van der Waals surface area contributed by atoms with Gasteiger partial charge in [-0.25, -0.2) is 0 Å². The molecule has 0 spiro atoms. The molecule has 7 heteroatoms. The summed E-state index contributed by atoms with van der Waals surface area (Å²) in [4.78, 5) is 8.90. The fourth-order valence-corrected chi connectivity index (χ4v) is 2.62. The van der Waals surface area contributed by atoms with Crippen LogP contribution in [0.2, 0.25) is 0 Å². The molecule has 23 heavy (non-hydrogen) atoms. The van der Waals surface area contributed by atoms with E-state index in [4.69, 9.17) is 14.0 Å². The number of methoxy groups -OCH3 is 2. The third-order valence-corrected chi connectivity index (χ3v) is 3.97. The maximum absolute atomic E-state index is 5.35. The van der Waals surface area contributed by atoms with Crippen molar-refractivity contribution in [3.63, 3.8) is 0 Å². The first-order chi connectivity index (χ1) is 11.3. The molecule has 0 N–H and O–H groups in total. The van der Waals surface area contributed by atoms with E-state index in [-0.39, 0.29) is 0 Å².